The lowest BCUT2D eigenvalue weighted by molar-refractivity contribution is -0.265. The third-order valence-electron chi connectivity index (χ3n) is 14.6. The summed E-state index contributed by atoms with van der Waals surface area (Å²) in [6.07, 6.45) is 4.65. The summed E-state index contributed by atoms with van der Waals surface area (Å²) in [5.41, 5.74) is 1.13. The third kappa shape index (κ3) is 15.3. The molecule has 14 heteroatoms. The number of ether oxygens (including phenoxy) is 6. The first-order valence-electron chi connectivity index (χ1n) is 29.2. The first-order chi connectivity index (χ1) is 36.0. The molecule has 3 N–H and O–H groups in total. The average molecular weight is 966 g/mol. The number of allylic oxidation sites excluding steroid dienone is 6. The molecule has 15 atom stereocenters. The first-order valence-corrected chi connectivity index (χ1v) is 24.2. The zero-order valence-corrected chi connectivity index (χ0v) is 41.3. The van der Waals surface area contributed by atoms with E-state index < -0.39 is 129 Å². The summed E-state index contributed by atoms with van der Waals surface area (Å²) in [5, 5.41) is 33.6. The number of rotatable bonds is 9. The number of carbonyl (C=O) groups is 4. The van der Waals surface area contributed by atoms with Crippen molar-refractivity contribution in [3.05, 3.63) is 59.8 Å². The van der Waals surface area contributed by atoms with Crippen LogP contribution in [0.5, 0.6) is 0 Å². The lowest BCUT2D eigenvalue weighted by Crippen LogP contribution is -2.61. The molecule has 0 unspecified atom stereocenters. The number of carbonyl (C=O) groups excluding carboxylic acids is 4. The van der Waals surface area contributed by atoms with Crippen molar-refractivity contribution in [2.24, 2.45) is 35.5 Å². The molecule has 384 valence electrons. The number of ketones is 2. The molecule has 0 aromatic rings. The van der Waals surface area contributed by atoms with Crippen LogP contribution in [0.4, 0.5) is 0 Å². The van der Waals surface area contributed by atoms with E-state index in [0.717, 1.165) is 4.90 Å². The molecular formula is C54H85NO13. The summed E-state index contributed by atoms with van der Waals surface area (Å²) in [6, 6.07) is -1.39. The second kappa shape index (κ2) is 27.3. The number of methoxy groups -OCH3 is 3. The highest BCUT2D eigenvalue weighted by molar-refractivity contribution is 6.39. The summed E-state index contributed by atoms with van der Waals surface area (Å²) in [5.74, 6) is -11.0. The number of amides is 1. The lowest BCUT2D eigenvalue weighted by atomic mass is 9.78. The van der Waals surface area contributed by atoms with Crippen LogP contribution in [-0.2, 0) is 47.6 Å². The van der Waals surface area contributed by atoms with Gasteiger partial charge in [-0.15, -0.1) is 0 Å². The molecule has 0 spiro atoms. The van der Waals surface area contributed by atoms with E-state index in [9.17, 15) is 34.5 Å². The van der Waals surface area contributed by atoms with Crippen LogP contribution < -0.4 is 0 Å². The Kier molecular flexibility index (Phi) is 17.5. The zero-order chi connectivity index (χ0) is 58.9. The zero-order valence-electron chi connectivity index (χ0n) is 51.3. The normalized spacial score (nSPS) is 40.9. The van der Waals surface area contributed by atoms with Crippen molar-refractivity contribution in [1.29, 1.82) is 0 Å². The van der Waals surface area contributed by atoms with E-state index in [4.69, 9.17) is 42.1 Å². The molecule has 68 heavy (non-hydrogen) atoms. The largest absolute Gasteiger partial charge is 0.460 e. The standard InChI is InChI=1S/C54H85NO13/c1-33-17-13-12-14-18-34(2)46(63-9)31-42-22-20-39(7)54(62,68-42)51(59)52(60)55-24-16-15-19-43(55)53(61)67-47(37(5)29-41-21-23-45(66-26-25-56)48(30-41)64-10)32-44(57)36(4)28-38(6)49(58)50(65-11)40(8)35(3)27-33/h12-14,17-18,28,33,35-37,39,41-43,45-50,56,58,62H,8,15-16,19-27,29-32H2,1-7,9-11H3/b14-12?,17-13+,34-18?,38-28+/t33-,35-,36-,37-,39-,41+,42+,43+,45-,46+,47+,48-,49-,50+,54-/m1/s1/i4D3,9D3,25D2,26D2. The molecule has 3 heterocycles. The minimum atomic E-state index is -3.33. The van der Waals surface area contributed by atoms with Gasteiger partial charge in [0.2, 0.25) is 5.79 Å². The maximum absolute atomic E-state index is 14.6. The smallest absolute Gasteiger partial charge is 0.329 e. The number of Topliss-reactive ketones (excluding diaryl/α,β-unsaturated/α-hetero) is 2. The molecule has 2 saturated heterocycles. The summed E-state index contributed by atoms with van der Waals surface area (Å²) in [6.45, 7) is 5.07. The van der Waals surface area contributed by atoms with Crippen LogP contribution in [0.15, 0.2) is 59.8 Å². The quantitative estimate of drug-likeness (QED) is 0.120. The van der Waals surface area contributed by atoms with Crippen LogP contribution in [0.25, 0.3) is 0 Å². The number of hydrogen-bond donors (Lipinski definition) is 3. The summed E-state index contributed by atoms with van der Waals surface area (Å²) in [4.78, 5) is 59.1. The summed E-state index contributed by atoms with van der Waals surface area (Å²) in [7, 11) is -0.0812. The molecule has 1 amide bonds. The van der Waals surface area contributed by atoms with Gasteiger partial charge in [-0.05, 0) is 118 Å². The average Bonchev–Trinajstić information content (AvgIpc) is 3.35. The van der Waals surface area contributed by atoms with Crippen molar-refractivity contribution < 1.29 is 76.6 Å². The maximum atomic E-state index is 14.6. The van der Waals surface area contributed by atoms with Crippen molar-refractivity contribution >= 4 is 23.4 Å². The van der Waals surface area contributed by atoms with Gasteiger partial charge >= 0.3 is 5.97 Å². The molecule has 3 aliphatic heterocycles. The van der Waals surface area contributed by atoms with Crippen molar-refractivity contribution in [3.8, 4) is 0 Å². The second-order valence-corrected chi connectivity index (χ2v) is 19.6. The van der Waals surface area contributed by atoms with Crippen LogP contribution in [0.3, 0.4) is 0 Å². The van der Waals surface area contributed by atoms with Crippen LogP contribution in [0.1, 0.15) is 139 Å². The van der Waals surface area contributed by atoms with E-state index in [1.807, 2.05) is 26.0 Å². The van der Waals surface area contributed by atoms with Gasteiger partial charge in [0.1, 0.15) is 30.1 Å². The Labute approximate surface area is 420 Å². The van der Waals surface area contributed by atoms with E-state index in [0.29, 0.717) is 36.8 Å². The molecule has 3 fully saturated rings. The monoisotopic (exact) mass is 966 g/mol. The molecule has 0 aromatic heterocycles. The number of aliphatic hydroxyl groups excluding tert-OH is 1. The second-order valence-electron chi connectivity index (χ2n) is 19.6. The minimum absolute atomic E-state index is 0.0216. The first kappa shape index (κ1) is 43.4. The van der Waals surface area contributed by atoms with Gasteiger partial charge in [-0.2, -0.15) is 0 Å². The number of nitrogens with zero attached hydrogens (tertiary/aromatic N) is 1. The summed E-state index contributed by atoms with van der Waals surface area (Å²) >= 11 is 0. The van der Waals surface area contributed by atoms with E-state index in [2.05, 4.69) is 6.58 Å². The van der Waals surface area contributed by atoms with E-state index in [1.54, 1.807) is 32.1 Å². The number of piperidine rings is 1. The molecule has 2 bridgehead atoms. The van der Waals surface area contributed by atoms with Crippen molar-refractivity contribution in [1.82, 2.24) is 4.90 Å². The predicted molar refractivity (Wildman–Crippen MR) is 260 cm³/mol. The fourth-order valence-electron chi connectivity index (χ4n) is 10.1. The number of hydrogen-bond acceptors (Lipinski definition) is 13. The Balaban J connectivity index is 1.79. The van der Waals surface area contributed by atoms with Crippen molar-refractivity contribution in [2.75, 3.05) is 40.9 Å². The van der Waals surface area contributed by atoms with Gasteiger partial charge < -0.3 is 48.6 Å². The Bertz CT molecular complexity index is 2190. The Morgan fingerprint density at radius 1 is 0.956 bits per heavy atom. The molecular weight excluding hydrogens is 871 g/mol. The van der Waals surface area contributed by atoms with Crippen LogP contribution in [0.2, 0.25) is 0 Å². The minimum Gasteiger partial charge on any atom is -0.460 e. The topological polar surface area (TPSA) is 188 Å². The van der Waals surface area contributed by atoms with Gasteiger partial charge in [0.15, 0.2) is 0 Å². The van der Waals surface area contributed by atoms with E-state index in [1.165, 1.54) is 34.1 Å². The van der Waals surface area contributed by atoms with Crippen LogP contribution >= 0.6 is 0 Å². The van der Waals surface area contributed by atoms with Gasteiger partial charge in [-0.3, -0.25) is 14.4 Å². The number of fused-ring (bicyclic) bond motifs is 3. The Morgan fingerprint density at radius 2 is 1.72 bits per heavy atom. The van der Waals surface area contributed by atoms with Gasteiger partial charge in [0, 0.05) is 56.6 Å². The SMILES string of the molecule is [2H]C([2H])([2H])O[C@H]1C[C@@H]2CC[C@@H](C)[C@@](O)(O2)C(=O)C(=O)N2CCCC[C@H]2C(=O)O[C@H]([C@H](C)C[C@@H]2CC[C@@H](OC([2H])([2H])C([2H])([2H])O)[C@H](OC)C2)CC(=O)[C@H](C([2H])([2H])[2H])/C=C(\C)[C@@H](O)[C@@H](OC)C(=C)[C@H](C)C[C@H](C)/C=C/C=CC=C1C. The molecule has 0 aromatic carbocycles. The Morgan fingerprint density at radius 3 is 2.41 bits per heavy atom. The van der Waals surface area contributed by atoms with Crippen LogP contribution in [-0.4, -0.2) is 139 Å². The molecule has 1 saturated carbocycles. The van der Waals surface area contributed by atoms with Gasteiger partial charge in [-0.25, -0.2) is 4.79 Å². The molecule has 0 radical (unpaired) electrons. The van der Waals surface area contributed by atoms with Crippen molar-refractivity contribution in [2.45, 2.75) is 180 Å². The number of cyclic esters (lactones) is 1. The van der Waals surface area contributed by atoms with Gasteiger partial charge in [0.05, 0.1) is 47.1 Å². The molecule has 4 rings (SSSR count). The Hall–Kier alpha value is -3.34. The van der Waals surface area contributed by atoms with Gasteiger partial charge in [0.25, 0.3) is 11.7 Å². The predicted octanol–water partition coefficient (Wildman–Crippen LogP) is 7.18. The third-order valence-corrected chi connectivity index (χ3v) is 14.6. The maximum Gasteiger partial charge on any atom is 0.329 e. The molecule has 1 aliphatic carbocycles. The highest BCUT2D eigenvalue weighted by Gasteiger charge is 2.53. The summed E-state index contributed by atoms with van der Waals surface area (Å²) < 4.78 is 115. The van der Waals surface area contributed by atoms with Gasteiger partial charge in [-0.1, -0.05) is 77.6 Å². The van der Waals surface area contributed by atoms with Crippen LogP contribution in [0, 0.1) is 35.5 Å². The van der Waals surface area contributed by atoms with Crippen molar-refractivity contribution in [3.63, 3.8) is 0 Å². The highest BCUT2D eigenvalue weighted by Crippen LogP contribution is 2.38. The lowest BCUT2D eigenvalue weighted by Gasteiger charge is -2.42. The van der Waals surface area contributed by atoms with E-state index >= 15 is 0 Å². The number of aliphatic hydroxyl groups is 3. The molecule has 14 nitrogen and oxygen atoms in total. The fraction of sp³-hybridized carbons (Fsp3) is 0.741. The van der Waals surface area contributed by atoms with E-state index in [-0.39, 0.29) is 74.8 Å². The molecule has 4 aliphatic rings. The fourth-order valence-corrected chi connectivity index (χ4v) is 10.1. The highest BCUT2D eigenvalue weighted by atomic mass is 16.6. The number of esters is 1.